The first-order valence-corrected chi connectivity index (χ1v) is 9.62. The maximum Gasteiger partial charge on any atom is -0.00368 e. The minimum Gasteiger partial charge on any atom is -0.317 e. The summed E-state index contributed by atoms with van der Waals surface area (Å²) in [5.74, 6) is 0. The standard InChI is InChI=1S/C5H11N.C4H9N.C3H7N.3C2H6/c1-2-4-6-5-3-1;1-2-4-5-3-1;1-2-4-3-1;3*1-2/h6H,1-5H2;5H,1-4H2;4H,1-3H2;3*1-2H3. The highest BCUT2D eigenvalue weighted by atomic mass is 14.9. The van der Waals surface area contributed by atoms with Crippen molar-refractivity contribution in [3.63, 3.8) is 0 Å². The average Bonchev–Trinajstić information content (AvgIpc) is 3.13. The smallest absolute Gasteiger partial charge is 0.00368 e. The van der Waals surface area contributed by atoms with Gasteiger partial charge in [-0.3, -0.25) is 0 Å². The monoisotopic (exact) mass is 303 g/mol. The minimum absolute atomic E-state index is 1.25. The molecular weight excluding hydrogens is 258 g/mol. The summed E-state index contributed by atoms with van der Waals surface area (Å²) >= 11 is 0. The maximum absolute atomic E-state index is 3.28. The Morgan fingerprint density at radius 3 is 0.619 bits per heavy atom. The molecular formula is C18H45N3. The van der Waals surface area contributed by atoms with E-state index in [0.717, 1.165) is 0 Å². The van der Waals surface area contributed by atoms with E-state index in [0.29, 0.717) is 0 Å². The molecule has 132 valence electrons. The fraction of sp³-hybridized carbons (Fsp3) is 1.00. The Bertz CT molecular complexity index is 94.5. The maximum atomic E-state index is 3.28. The molecule has 0 aromatic rings. The molecule has 0 aromatic heterocycles. The molecule has 3 heterocycles. The molecule has 0 aromatic carbocycles. The van der Waals surface area contributed by atoms with Crippen molar-refractivity contribution in [2.45, 2.75) is 80.1 Å². The average molecular weight is 304 g/mol. The molecule has 3 aliphatic heterocycles. The van der Waals surface area contributed by atoms with E-state index < -0.39 is 0 Å². The fourth-order valence-electron chi connectivity index (χ4n) is 1.60. The Morgan fingerprint density at radius 1 is 0.333 bits per heavy atom. The Balaban J connectivity index is -0.000000199. The Kier molecular flexibility index (Phi) is 39.3. The van der Waals surface area contributed by atoms with Crippen molar-refractivity contribution in [2.75, 3.05) is 39.3 Å². The highest BCUT2D eigenvalue weighted by Crippen LogP contribution is 1.96. The van der Waals surface area contributed by atoms with Crippen molar-refractivity contribution < 1.29 is 0 Å². The summed E-state index contributed by atoms with van der Waals surface area (Å²) in [7, 11) is 0. The van der Waals surface area contributed by atoms with Crippen LogP contribution < -0.4 is 16.0 Å². The largest absolute Gasteiger partial charge is 0.317 e. The van der Waals surface area contributed by atoms with E-state index in [-0.39, 0.29) is 0 Å². The van der Waals surface area contributed by atoms with Crippen molar-refractivity contribution >= 4 is 0 Å². The SMILES string of the molecule is C1CCNC1.C1CCNCC1.C1CNC1.CC.CC.CC. The van der Waals surface area contributed by atoms with Crippen LogP contribution in [0.1, 0.15) is 80.1 Å². The van der Waals surface area contributed by atoms with Gasteiger partial charge in [0.1, 0.15) is 0 Å². The normalized spacial score (nSPS) is 18.0. The molecule has 3 aliphatic rings. The van der Waals surface area contributed by atoms with Crippen LogP contribution in [0.15, 0.2) is 0 Å². The molecule has 0 atom stereocenters. The summed E-state index contributed by atoms with van der Waals surface area (Å²) in [6.45, 7) is 19.5. The molecule has 0 aliphatic carbocycles. The predicted molar refractivity (Wildman–Crippen MR) is 100 cm³/mol. The van der Waals surface area contributed by atoms with Crippen molar-refractivity contribution in [3.8, 4) is 0 Å². The molecule has 0 unspecified atom stereocenters. The van der Waals surface area contributed by atoms with Crippen LogP contribution in [0.25, 0.3) is 0 Å². The zero-order valence-electron chi connectivity index (χ0n) is 16.0. The number of hydrogen-bond acceptors (Lipinski definition) is 3. The predicted octanol–water partition coefficient (Wildman–Crippen LogP) is 4.19. The molecule has 21 heavy (non-hydrogen) atoms. The number of rotatable bonds is 0. The van der Waals surface area contributed by atoms with E-state index in [1.807, 2.05) is 41.5 Å². The van der Waals surface area contributed by atoms with E-state index in [9.17, 15) is 0 Å². The van der Waals surface area contributed by atoms with Gasteiger partial charge >= 0.3 is 0 Å². The van der Waals surface area contributed by atoms with Crippen molar-refractivity contribution in [3.05, 3.63) is 0 Å². The van der Waals surface area contributed by atoms with E-state index >= 15 is 0 Å². The Hall–Kier alpha value is -0.120. The fourth-order valence-corrected chi connectivity index (χ4v) is 1.60. The first-order chi connectivity index (χ1) is 10.5. The zero-order valence-corrected chi connectivity index (χ0v) is 16.0. The van der Waals surface area contributed by atoms with Gasteiger partial charge in [0.2, 0.25) is 0 Å². The van der Waals surface area contributed by atoms with Crippen LogP contribution in [0.3, 0.4) is 0 Å². The summed E-state index contributed by atoms with van der Waals surface area (Å²) in [6, 6.07) is 0. The van der Waals surface area contributed by atoms with Gasteiger partial charge in [-0.1, -0.05) is 48.0 Å². The van der Waals surface area contributed by atoms with Gasteiger partial charge < -0.3 is 16.0 Å². The summed E-state index contributed by atoms with van der Waals surface area (Å²) < 4.78 is 0. The van der Waals surface area contributed by atoms with Crippen LogP contribution in [0.4, 0.5) is 0 Å². The Morgan fingerprint density at radius 2 is 0.524 bits per heavy atom. The first-order valence-electron chi connectivity index (χ1n) is 9.62. The van der Waals surface area contributed by atoms with Crippen LogP contribution in [0.2, 0.25) is 0 Å². The summed E-state index contributed by atoms with van der Waals surface area (Å²) in [6.07, 6.45) is 8.38. The van der Waals surface area contributed by atoms with Gasteiger partial charge in [-0.15, -0.1) is 0 Å². The third-order valence-electron chi connectivity index (χ3n) is 2.87. The van der Waals surface area contributed by atoms with E-state index in [4.69, 9.17) is 0 Å². The zero-order chi connectivity index (χ0) is 16.6. The molecule has 0 bridgehead atoms. The Labute approximate surface area is 136 Å². The van der Waals surface area contributed by atoms with Crippen LogP contribution in [-0.2, 0) is 0 Å². The quantitative estimate of drug-likeness (QED) is 0.628. The van der Waals surface area contributed by atoms with Gasteiger partial charge in [0.25, 0.3) is 0 Å². The minimum atomic E-state index is 1.25. The second kappa shape index (κ2) is 32.0. The van der Waals surface area contributed by atoms with Gasteiger partial charge in [0, 0.05) is 0 Å². The number of nitrogens with one attached hydrogen (secondary N) is 3. The van der Waals surface area contributed by atoms with Crippen molar-refractivity contribution in [2.24, 2.45) is 0 Å². The summed E-state index contributed by atoms with van der Waals surface area (Å²) in [5, 5.41) is 9.62. The number of piperidine rings is 1. The van der Waals surface area contributed by atoms with Crippen molar-refractivity contribution in [1.82, 2.24) is 16.0 Å². The molecule has 0 spiro atoms. The number of hydrogen-bond donors (Lipinski definition) is 3. The van der Waals surface area contributed by atoms with Crippen LogP contribution in [0.5, 0.6) is 0 Å². The molecule has 3 nitrogen and oxygen atoms in total. The van der Waals surface area contributed by atoms with E-state index in [2.05, 4.69) is 16.0 Å². The lowest BCUT2D eigenvalue weighted by Gasteiger charge is -2.09. The lowest BCUT2D eigenvalue weighted by Crippen LogP contribution is -2.29. The molecule has 0 radical (unpaired) electrons. The van der Waals surface area contributed by atoms with E-state index in [1.54, 1.807) is 0 Å². The molecule has 3 fully saturated rings. The second-order valence-corrected chi connectivity index (χ2v) is 4.37. The van der Waals surface area contributed by atoms with Crippen LogP contribution in [0, 0.1) is 0 Å². The molecule has 3 rings (SSSR count). The molecule has 3 N–H and O–H groups in total. The van der Waals surface area contributed by atoms with Crippen LogP contribution in [-0.4, -0.2) is 39.3 Å². The van der Waals surface area contributed by atoms with Gasteiger partial charge in [-0.2, -0.15) is 0 Å². The lowest BCUT2D eigenvalue weighted by molar-refractivity contribution is 0.520. The van der Waals surface area contributed by atoms with Gasteiger partial charge in [-0.25, -0.2) is 0 Å². The van der Waals surface area contributed by atoms with Crippen LogP contribution >= 0.6 is 0 Å². The van der Waals surface area contributed by atoms with Crippen molar-refractivity contribution in [1.29, 1.82) is 0 Å². The summed E-state index contributed by atoms with van der Waals surface area (Å²) in [5.41, 5.74) is 0. The third kappa shape index (κ3) is 28.7. The first kappa shape index (κ1) is 25.8. The van der Waals surface area contributed by atoms with Gasteiger partial charge in [0.15, 0.2) is 0 Å². The van der Waals surface area contributed by atoms with Gasteiger partial charge in [0.05, 0.1) is 0 Å². The van der Waals surface area contributed by atoms with E-state index in [1.165, 1.54) is 77.8 Å². The third-order valence-corrected chi connectivity index (χ3v) is 2.87. The molecule has 0 amide bonds. The molecule has 0 saturated carbocycles. The topological polar surface area (TPSA) is 36.1 Å². The van der Waals surface area contributed by atoms with Gasteiger partial charge in [-0.05, 0) is 71.4 Å². The molecule has 3 heteroatoms. The highest BCUT2D eigenvalue weighted by molar-refractivity contribution is 4.57. The summed E-state index contributed by atoms with van der Waals surface area (Å²) in [4.78, 5) is 0. The lowest BCUT2D eigenvalue weighted by atomic mass is 10.2. The highest BCUT2D eigenvalue weighted by Gasteiger charge is 1.94. The second-order valence-electron chi connectivity index (χ2n) is 4.37. The molecule has 3 saturated heterocycles.